The number of aryl methyl sites for hydroxylation is 2. The highest BCUT2D eigenvalue weighted by Crippen LogP contribution is 2.44. The standard InChI is InChI=1S/C27H26N2O6S/c1-5-34-19-13-11-17(12-14-19)21-20(22(30)18-9-7-15(3)8-10-18)23(31)25(32)29(21)27-28-16(4)24(36-27)26(33)35-6-2/h7-14,21,30H,5-6H2,1-4H3/b22-20+. The molecule has 1 N–H and O–H groups in total. The highest BCUT2D eigenvalue weighted by Gasteiger charge is 2.48. The zero-order valence-corrected chi connectivity index (χ0v) is 21.2. The number of carbonyl (C=O) groups excluding carboxylic acids is 3. The average Bonchev–Trinajstić information content (AvgIpc) is 3.37. The van der Waals surface area contributed by atoms with Crippen LogP contribution in [0.3, 0.4) is 0 Å². The molecule has 1 unspecified atom stereocenters. The van der Waals surface area contributed by atoms with Crippen LogP contribution in [-0.4, -0.2) is 41.0 Å². The summed E-state index contributed by atoms with van der Waals surface area (Å²) in [6.45, 7) is 7.80. The molecule has 4 rings (SSSR count). The summed E-state index contributed by atoms with van der Waals surface area (Å²) in [6, 6.07) is 13.0. The fourth-order valence-corrected chi connectivity index (χ4v) is 4.98. The van der Waals surface area contributed by atoms with E-state index >= 15 is 0 Å². The predicted molar refractivity (Wildman–Crippen MR) is 136 cm³/mol. The first-order chi connectivity index (χ1) is 17.3. The van der Waals surface area contributed by atoms with Crippen LogP contribution in [0.2, 0.25) is 0 Å². The molecule has 0 radical (unpaired) electrons. The smallest absolute Gasteiger partial charge is 0.350 e. The van der Waals surface area contributed by atoms with E-state index in [1.54, 1.807) is 50.2 Å². The number of Topliss-reactive ketones (excluding diaryl/α,β-unsaturated/α-hetero) is 1. The number of amides is 1. The molecule has 3 aromatic rings. The lowest BCUT2D eigenvalue weighted by molar-refractivity contribution is -0.132. The fraction of sp³-hybridized carbons (Fsp3) is 0.259. The van der Waals surface area contributed by atoms with Crippen LogP contribution in [-0.2, 0) is 14.3 Å². The van der Waals surface area contributed by atoms with Gasteiger partial charge in [0.1, 0.15) is 16.4 Å². The summed E-state index contributed by atoms with van der Waals surface area (Å²) < 4.78 is 10.6. The monoisotopic (exact) mass is 506 g/mol. The highest BCUT2D eigenvalue weighted by atomic mass is 32.1. The van der Waals surface area contributed by atoms with Gasteiger partial charge in [0.15, 0.2) is 5.13 Å². The van der Waals surface area contributed by atoms with Crippen molar-refractivity contribution in [1.29, 1.82) is 0 Å². The number of thiazole rings is 1. The molecule has 186 valence electrons. The van der Waals surface area contributed by atoms with Gasteiger partial charge in [0.05, 0.1) is 30.5 Å². The molecule has 2 heterocycles. The highest BCUT2D eigenvalue weighted by molar-refractivity contribution is 7.17. The number of esters is 1. The van der Waals surface area contributed by atoms with Crippen molar-refractivity contribution in [2.75, 3.05) is 18.1 Å². The van der Waals surface area contributed by atoms with Gasteiger partial charge in [-0.3, -0.25) is 14.5 Å². The van der Waals surface area contributed by atoms with Crippen LogP contribution in [0.25, 0.3) is 5.76 Å². The van der Waals surface area contributed by atoms with Crippen LogP contribution in [0.15, 0.2) is 54.1 Å². The van der Waals surface area contributed by atoms with Crippen LogP contribution in [0.5, 0.6) is 5.75 Å². The molecule has 1 saturated heterocycles. The number of aliphatic hydroxyl groups excluding tert-OH is 1. The molecule has 1 aliphatic rings. The lowest BCUT2D eigenvalue weighted by Crippen LogP contribution is -2.29. The summed E-state index contributed by atoms with van der Waals surface area (Å²) in [5.74, 6) is -1.88. The van der Waals surface area contributed by atoms with Gasteiger partial charge in [-0.15, -0.1) is 0 Å². The van der Waals surface area contributed by atoms with Gasteiger partial charge in [0.25, 0.3) is 5.78 Å². The Kier molecular flexibility index (Phi) is 7.21. The quantitative estimate of drug-likeness (QED) is 0.209. The first-order valence-corrected chi connectivity index (χ1v) is 12.3. The lowest BCUT2D eigenvalue weighted by atomic mass is 9.95. The van der Waals surface area contributed by atoms with Crippen molar-refractivity contribution < 1.29 is 29.0 Å². The lowest BCUT2D eigenvalue weighted by Gasteiger charge is -2.23. The van der Waals surface area contributed by atoms with Gasteiger partial charge in [0.2, 0.25) is 0 Å². The number of anilines is 1. The third-order valence-electron chi connectivity index (χ3n) is 5.73. The van der Waals surface area contributed by atoms with Crippen molar-refractivity contribution in [3.05, 3.63) is 81.4 Å². The molecule has 0 spiro atoms. The van der Waals surface area contributed by atoms with E-state index in [0.717, 1.165) is 16.9 Å². The molecule has 0 bridgehead atoms. The van der Waals surface area contributed by atoms with Crippen LogP contribution < -0.4 is 9.64 Å². The fourth-order valence-electron chi connectivity index (χ4n) is 4.00. The van der Waals surface area contributed by atoms with Crippen molar-refractivity contribution >= 4 is 39.9 Å². The topological polar surface area (TPSA) is 106 Å². The minimum Gasteiger partial charge on any atom is -0.507 e. The molecule has 0 saturated carbocycles. The molecule has 1 fully saturated rings. The van der Waals surface area contributed by atoms with E-state index in [2.05, 4.69) is 4.98 Å². The molecular formula is C27H26N2O6S. The number of hydrogen-bond acceptors (Lipinski definition) is 8. The minimum absolute atomic E-state index is 0.0569. The number of aromatic nitrogens is 1. The Hall–Kier alpha value is -3.98. The maximum atomic E-state index is 13.3. The second-order valence-corrected chi connectivity index (χ2v) is 9.15. The van der Waals surface area contributed by atoms with Crippen LogP contribution in [0.4, 0.5) is 5.13 Å². The zero-order chi connectivity index (χ0) is 26.0. The number of carbonyl (C=O) groups is 3. The van der Waals surface area contributed by atoms with E-state index in [1.807, 2.05) is 26.0 Å². The first-order valence-electron chi connectivity index (χ1n) is 11.5. The van der Waals surface area contributed by atoms with E-state index in [-0.39, 0.29) is 27.9 Å². The Morgan fingerprint density at radius 3 is 2.31 bits per heavy atom. The largest absolute Gasteiger partial charge is 0.507 e. The van der Waals surface area contributed by atoms with E-state index in [4.69, 9.17) is 9.47 Å². The number of ether oxygens (including phenoxy) is 2. The minimum atomic E-state index is -0.956. The molecular weight excluding hydrogens is 480 g/mol. The van der Waals surface area contributed by atoms with Crippen molar-refractivity contribution in [3.63, 3.8) is 0 Å². The summed E-state index contributed by atoms with van der Waals surface area (Å²) >= 11 is 0.970. The second kappa shape index (κ2) is 10.3. The molecule has 2 aromatic carbocycles. The van der Waals surface area contributed by atoms with E-state index < -0.39 is 23.7 Å². The number of ketones is 1. The van der Waals surface area contributed by atoms with Crippen molar-refractivity contribution in [3.8, 4) is 5.75 Å². The molecule has 1 aromatic heterocycles. The molecule has 8 nitrogen and oxygen atoms in total. The number of benzene rings is 2. The van der Waals surface area contributed by atoms with Crippen LogP contribution >= 0.6 is 11.3 Å². The summed E-state index contributed by atoms with van der Waals surface area (Å²) in [4.78, 5) is 44.9. The number of hydrogen-bond donors (Lipinski definition) is 1. The maximum Gasteiger partial charge on any atom is 0.350 e. The van der Waals surface area contributed by atoms with Gasteiger partial charge in [-0.2, -0.15) is 0 Å². The Morgan fingerprint density at radius 1 is 1.03 bits per heavy atom. The number of rotatable bonds is 7. The Morgan fingerprint density at radius 2 is 1.69 bits per heavy atom. The summed E-state index contributed by atoms with van der Waals surface area (Å²) in [7, 11) is 0. The molecule has 36 heavy (non-hydrogen) atoms. The molecule has 9 heteroatoms. The summed E-state index contributed by atoms with van der Waals surface area (Å²) in [6.07, 6.45) is 0. The van der Waals surface area contributed by atoms with Crippen molar-refractivity contribution in [1.82, 2.24) is 4.98 Å². The summed E-state index contributed by atoms with van der Waals surface area (Å²) in [5, 5.41) is 11.4. The second-order valence-electron chi connectivity index (χ2n) is 8.17. The summed E-state index contributed by atoms with van der Waals surface area (Å²) in [5.41, 5.74) is 2.31. The van der Waals surface area contributed by atoms with Gasteiger partial charge >= 0.3 is 11.9 Å². The normalized spacial score (nSPS) is 16.9. The molecule has 1 amide bonds. The predicted octanol–water partition coefficient (Wildman–Crippen LogP) is 4.96. The SMILES string of the molecule is CCOC(=O)c1sc(N2C(=O)C(=O)/C(=C(/O)c3ccc(C)cc3)C2c2ccc(OCC)cc2)nc1C. The Balaban J connectivity index is 1.88. The van der Waals surface area contributed by atoms with Gasteiger partial charge in [-0.05, 0) is 45.4 Å². The van der Waals surface area contributed by atoms with Crippen LogP contribution in [0, 0.1) is 13.8 Å². The molecule has 1 atom stereocenters. The maximum absolute atomic E-state index is 13.3. The van der Waals surface area contributed by atoms with Crippen molar-refractivity contribution in [2.24, 2.45) is 0 Å². The Labute approximate surface area is 212 Å². The van der Waals surface area contributed by atoms with Gasteiger partial charge in [-0.25, -0.2) is 9.78 Å². The Bertz CT molecular complexity index is 1340. The van der Waals surface area contributed by atoms with Gasteiger partial charge < -0.3 is 14.6 Å². The zero-order valence-electron chi connectivity index (χ0n) is 20.4. The first kappa shape index (κ1) is 25.1. The number of nitrogens with zero attached hydrogens (tertiary/aromatic N) is 2. The molecule has 0 aliphatic carbocycles. The van der Waals surface area contributed by atoms with E-state index in [1.165, 1.54) is 4.90 Å². The molecule has 1 aliphatic heterocycles. The van der Waals surface area contributed by atoms with Crippen LogP contribution in [0.1, 0.15) is 51.9 Å². The average molecular weight is 507 g/mol. The third-order valence-corrected chi connectivity index (χ3v) is 6.87. The van der Waals surface area contributed by atoms with Gasteiger partial charge in [-0.1, -0.05) is 53.3 Å². The van der Waals surface area contributed by atoms with Gasteiger partial charge in [0, 0.05) is 5.56 Å². The van der Waals surface area contributed by atoms with Crippen molar-refractivity contribution in [2.45, 2.75) is 33.7 Å². The van der Waals surface area contributed by atoms with E-state index in [9.17, 15) is 19.5 Å². The third kappa shape index (κ3) is 4.61. The number of aliphatic hydroxyl groups is 1. The van der Waals surface area contributed by atoms with E-state index in [0.29, 0.717) is 29.2 Å².